The molecule has 96 valence electrons. The number of fused-ring (bicyclic) bond motifs is 1. The van der Waals surface area contributed by atoms with Crippen LogP contribution in [0, 0.1) is 5.82 Å². The monoisotopic (exact) mass is 280 g/mol. The molecule has 2 heterocycles. The summed E-state index contributed by atoms with van der Waals surface area (Å²) < 4.78 is 53.7. The van der Waals surface area contributed by atoms with Gasteiger partial charge in [-0.25, -0.2) is 14.4 Å². The maximum atomic E-state index is 13.4. The van der Waals surface area contributed by atoms with Gasteiger partial charge in [0, 0.05) is 5.39 Å². The predicted molar refractivity (Wildman–Crippen MR) is 56.1 cm³/mol. The average Bonchev–Trinajstić information content (AvgIpc) is 2.30. The van der Waals surface area contributed by atoms with Crippen LogP contribution in [0.1, 0.15) is 0 Å². The van der Waals surface area contributed by atoms with Crippen LogP contribution in [0.4, 0.5) is 17.6 Å². The summed E-state index contributed by atoms with van der Waals surface area (Å²) in [7, 11) is 0. The molecule has 0 saturated carbocycles. The lowest BCUT2D eigenvalue weighted by molar-refractivity contribution is -0.153. The first-order valence-electron chi connectivity index (χ1n) is 4.66. The SMILES string of the molecule is Fc1cnc(Cl)c2ncc(OCC(F)(F)F)cc12. The van der Waals surface area contributed by atoms with Gasteiger partial charge in [-0.2, -0.15) is 13.2 Å². The molecule has 0 aliphatic carbocycles. The van der Waals surface area contributed by atoms with Gasteiger partial charge in [0.05, 0.1) is 12.4 Å². The van der Waals surface area contributed by atoms with Gasteiger partial charge in [-0.05, 0) is 6.07 Å². The van der Waals surface area contributed by atoms with Crippen LogP contribution in [-0.2, 0) is 0 Å². The van der Waals surface area contributed by atoms with Crippen LogP contribution in [0.15, 0.2) is 18.5 Å². The van der Waals surface area contributed by atoms with E-state index in [1.807, 2.05) is 0 Å². The lowest BCUT2D eigenvalue weighted by atomic mass is 10.2. The molecule has 0 aromatic carbocycles. The number of rotatable bonds is 2. The van der Waals surface area contributed by atoms with E-state index in [1.165, 1.54) is 0 Å². The van der Waals surface area contributed by atoms with Crippen molar-refractivity contribution in [3.63, 3.8) is 0 Å². The third-order valence-corrected chi connectivity index (χ3v) is 2.29. The molecule has 0 saturated heterocycles. The van der Waals surface area contributed by atoms with Gasteiger partial charge in [-0.15, -0.1) is 0 Å². The van der Waals surface area contributed by atoms with E-state index in [4.69, 9.17) is 11.6 Å². The standard InChI is InChI=1S/C10H5ClF4N2O/c11-9-8-6(7(12)3-17-9)1-5(2-16-8)18-4-10(13,14)15/h1-3H,4H2. The van der Waals surface area contributed by atoms with Gasteiger partial charge in [0.25, 0.3) is 0 Å². The molecular formula is C10H5ClF4N2O. The van der Waals surface area contributed by atoms with E-state index in [9.17, 15) is 17.6 Å². The van der Waals surface area contributed by atoms with Crippen LogP contribution in [-0.4, -0.2) is 22.8 Å². The third kappa shape index (κ3) is 2.79. The van der Waals surface area contributed by atoms with Gasteiger partial charge in [0.2, 0.25) is 0 Å². The first-order valence-corrected chi connectivity index (χ1v) is 5.04. The lowest BCUT2D eigenvalue weighted by Crippen LogP contribution is -2.19. The molecular weight excluding hydrogens is 276 g/mol. The van der Waals surface area contributed by atoms with Gasteiger partial charge >= 0.3 is 6.18 Å². The summed E-state index contributed by atoms with van der Waals surface area (Å²) in [5.74, 6) is -0.930. The highest BCUT2D eigenvalue weighted by atomic mass is 35.5. The average molecular weight is 281 g/mol. The van der Waals surface area contributed by atoms with Crippen molar-refractivity contribution in [2.24, 2.45) is 0 Å². The van der Waals surface area contributed by atoms with Gasteiger partial charge < -0.3 is 4.74 Å². The Morgan fingerprint density at radius 1 is 1.22 bits per heavy atom. The first kappa shape index (κ1) is 12.8. The zero-order valence-electron chi connectivity index (χ0n) is 8.63. The van der Waals surface area contributed by atoms with Crippen molar-refractivity contribution in [2.45, 2.75) is 6.18 Å². The molecule has 0 radical (unpaired) electrons. The van der Waals surface area contributed by atoms with Crippen molar-refractivity contribution in [2.75, 3.05) is 6.61 Å². The minimum atomic E-state index is -4.47. The van der Waals surface area contributed by atoms with Crippen molar-refractivity contribution >= 4 is 22.5 Å². The molecule has 0 atom stereocenters. The Hall–Kier alpha value is -1.63. The highest BCUT2D eigenvalue weighted by Gasteiger charge is 2.28. The van der Waals surface area contributed by atoms with Gasteiger partial charge in [-0.3, -0.25) is 0 Å². The molecule has 2 aromatic heterocycles. The highest BCUT2D eigenvalue weighted by molar-refractivity contribution is 6.33. The molecule has 0 unspecified atom stereocenters. The molecule has 0 aliphatic heterocycles. The second-order valence-electron chi connectivity index (χ2n) is 3.37. The third-order valence-electron chi connectivity index (χ3n) is 2.01. The van der Waals surface area contributed by atoms with Gasteiger partial charge in [0.1, 0.15) is 11.3 Å². The maximum Gasteiger partial charge on any atom is 0.422 e. The number of nitrogens with zero attached hydrogens (tertiary/aromatic N) is 2. The molecule has 8 heteroatoms. The lowest BCUT2D eigenvalue weighted by Gasteiger charge is -2.09. The van der Waals surface area contributed by atoms with E-state index in [0.717, 1.165) is 18.5 Å². The highest BCUT2D eigenvalue weighted by Crippen LogP contribution is 2.26. The van der Waals surface area contributed by atoms with Gasteiger partial charge in [-0.1, -0.05) is 11.6 Å². The predicted octanol–water partition coefficient (Wildman–Crippen LogP) is 3.36. The Bertz CT molecular complexity index is 588. The number of pyridine rings is 2. The number of halogens is 5. The Balaban J connectivity index is 2.35. The fourth-order valence-corrected chi connectivity index (χ4v) is 1.48. The number of ether oxygens (including phenoxy) is 1. The van der Waals surface area contributed by atoms with E-state index in [1.54, 1.807) is 0 Å². The summed E-state index contributed by atoms with van der Waals surface area (Å²) >= 11 is 5.67. The molecule has 0 aliphatic rings. The van der Waals surface area contributed by atoms with Gasteiger partial charge in [0.15, 0.2) is 17.6 Å². The summed E-state index contributed by atoms with van der Waals surface area (Å²) in [5.41, 5.74) is 0.0658. The Morgan fingerprint density at radius 3 is 2.61 bits per heavy atom. The van der Waals surface area contributed by atoms with Crippen LogP contribution in [0.5, 0.6) is 5.75 Å². The number of alkyl halides is 3. The van der Waals surface area contributed by atoms with E-state index in [-0.39, 0.29) is 21.8 Å². The molecule has 2 aromatic rings. The first-order chi connectivity index (χ1) is 8.37. The Morgan fingerprint density at radius 2 is 1.94 bits per heavy atom. The minimum Gasteiger partial charge on any atom is -0.482 e. The zero-order chi connectivity index (χ0) is 13.3. The molecule has 0 amide bonds. The molecule has 2 rings (SSSR count). The van der Waals surface area contributed by atoms with Crippen molar-refractivity contribution in [3.05, 3.63) is 29.4 Å². The molecule has 0 fully saturated rings. The molecule has 0 spiro atoms. The quantitative estimate of drug-likeness (QED) is 0.625. The topological polar surface area (TPSA) is 35.0 Å². The van der Waals surface area contributed by atoms with Crippen LogP contribution in [0.25, 0.3) is 10.9 Å². The summed E-state index contributed by atoms with van der Waals surface area (Å²) in [6.45, 7) is -1.47. The molecule has 0 N–H and O–H groups in total. The summed E-state index contributed by atoms with van der Waals surface area (Å²) in [6, 6.07) is 1.09. The van der Waals surface area contributed by atoms with E-state index < -0.39 is 18.6 Å². The second-order valence-corrected chi connectivity index (χ2v) is 3.73. The molecule has 18 heavy (non-hydrogen) atoms. The van der Waals surface area contributed by atoms with Crippen LogP contribution < -0.4 is 4.74 Å². The summed E-state index contributed by atoms with van der Waals surface area (Å²) in [4.78, 5) is 7.24. The fraction of sp³-hybridized carbons (Fsp3) is 0.200. The van der Waals surface area contributed by atoms with Crippen molar-refractivity contribution in [3.8, 4) is 5.75 Å². The van der Waals surface area contributed by atoms with Crippen LogP contribution >= 0.6 is 11.6 Å². The number of hydrogen-bond donors (Lipinski definition) is 0. The molecule has 3 nitrogen and oxygen atoms in total. The Labute approximate surface area is 103 Å². The van der Waals surface area contributed by atoms with Crippen LogP contribution in [0.2, 0.25) is 5.15 Å². The number of hydrogen-bond acceptors (Lipinski definition) is 3. The molecule has 0 bridgehead atoms. The van der Waals surface area contributed by atoms with E-state index in [2.05, 4.69) is 14.7 Å². The van der Waals surface area contributed by atoms with Crippen molar-refractivity contribution in [1.29, 1.82) is 0 Å². The maximum absolute atomic E-state index is 13.4. The van der Waals surface area contributed by atoms with Crippen LogP contribution in [0.3, 0.4) is 0 Å². The zero-order valence-corrected chi connectivity index (χ0v) is 9.39. The smallest absolute Gasteiger partial charge is 0.422 e. The van der Waals surface area contributed by atoms with E-state index >= 15 is 0 Å². The Kier molecular flexibility index (Phi) is 3.25. The van der Waals surface area contributed by atoms with E-state index in [0.29, 0.717) is 0 Å². The van der Waals surface area contributed by atoms with Crippen molar-refractivity contribution < 1.29 is 22.3 Å². The normalized spacial score (nSPS) is 11.8. The largest absolute Gasteiger partial charge is 0.482 e. The van der Waals surface area contributed by atoms with Crippen molar-refractivity contribution in [1.82, 2.24) is 9.97 Å². The number of aromatic nitrogens is 2. The fourth-order valence-electron chi connectivity index (χ4n) is 1.28. The minimum absolute atomic E-state index is 0.0335. The summed E-state index contributed by atoms with van der Waals surface area (Å²) in [5, 5.41) is -0.0801. The second kappa shape index (κ2) is 4.56. The summed E-state index contributed by atoms with van der Waals surface area (Å²) in [6.07, 6.45) is -2.58.